The topological polar surface area (TPSA) is 50.9 Å². The van der Waals surface area contributed by atoms with Gasteiger partial charge in [-0.15, -0.1) is 0 Å². The zero-order valence-corrected chi connectivity index (χ0v) is 8.51. The molecule has 0 aliphatic heterocycles. The summed E-state index contributed by atoms with van der Waals surface area (Å²) < 4.78 is 0.964. The molecule has 0 aliphatic rings. The Morgan fingerprint density at radius 3 is 3.08 bits per heavy atom. The zero-order valence-electron chi connectivity index (χ0n) is 6.92. The van der Waals surface area contributed by atoms with Gasteiger partial charge in [0.15, 0.2) is 0 Å². The van der Waals surface area contributed by atoms with E-state index in [9.17, 15) is 0 Å². The summed E-state index contributed by atoms with van der Waals surface area (Å²) >= 11 is 3.38. The van der Waals surface area contributed by atoms with Crippen molar-refractivity contribution in [2.24, 2.45) is 5.73 Å². The van der Waals surface area contributed by atoms with Crippen molar-refractivity contribution in [2.45, 2.75) is 13.0 Å². The first kappa shape index (κ1) is 9.48. The van der Waals surface area contributed by atoms with Gasteiger partial charge in [0.25, 0.3) is 0 Å². The lowest BCUT2D eigenvalue weighted by Gasteiger charge is -2.09. The lowest BCUT2D eigenvalue weighted by Crippen LogP contribution is -2.25. The molecule has 1 heterocycles. The molecule has 1 atom stereocenters. The van der Waals surface area contributed by atoms with Crippen LogP contribution in [0.15, 0.2) is 22.9 Å². The van der Waals surface area contributed by atoms with Gasteiger partial charge in [0.1, 0.15) is 0 Å². The molecule has 1 aromatic heterocycles. The largest absolute Gasteiger partial charge is 0.382 e. The molecular formula is C8H12BrN3. The number of nitrogens with one attached hydrogen (secondary N) is 1. The number of hydrogen-bond acceptors (Lipinski definition) is 3. The average molecular weight is 230 g/mol. The molecule has 0 amide bonds. The van der Waals surface area contributed by atoms with Crippen molar-refractivity contribution in [3.05, 3.63) is 22.9 Å². The van der Waals surface area contributed by atoms with Crippen LogP contribution >= 0.6 is 15.9 Å². The SMILES string of the molecule is CC(N)CNc1ccncc1Br. The van der Waals surface area contributed by atoms with Gasteiger partial charge >= 0.3 is 0 Å². The normalized spacial score (nSPS) is 12.6. The fourth-order valence-corrected chi connectivity index (χ4v) is 1.18. The van der Waals surface area contributed by atoms with Gasteiger partial charge in [-0.3, -0.25) is 4.98 Å². The minimum Gasteiger partial charge on any atom is -0.382 e. The third-order valence-corrected chi connectivity index (χ3v) is 2.02. The van der Waals surface area contributed by atoms with E-state index in [1.165, 1.54) is 0 Å². The summed E-state index contributed by atoms with van der Waals surface area (Å²) in [5.41, 5.74) is 6.63. The fourth-order valence-electron chi connectivity index (χ4n) is 0.790. The molecule has 0 spiro atoms. The van der Waals surface area contributed by atoms with E-state index in [0.29, 0.717) is 0 Å². The molecule has 3 nitrogen and oxygen atoms in total. The highest BCUT2D eigenvalue weighted by Gasteiger charge is 1.98. The predicted octanol–water partition coefficient (Wildman–Crippen LogP) is 1.60. The van der Waals surface area contributed by atoms with E-state index in [2.05, 4.69) is 26.2 Å². The third-order valence-electron chi connectivity index (χ3n) is 1.39. The Kier molecular flexibility index (Phi) is 3.49. The standard InChI is InChI=1S/C8H12BrN3/c1-6(10)4-12-8-2-3-11-5-7(8)9/h2-3,5-6H,4,10H2,1H3,(H,11,12). The van der Waals surface area contributed by atoms with Crippen LogP contribution in [0.3, 0.4) is 0 Å². The van der Waals surface area contributed by atoms with Crippen LogP contribution in [-0.2, 0) is 0 Å². The summed E-state index contributed by atoms with van der Waals surface area (Å²) in [5.74, 6) is 0. The van der Waals surface area contributed by atoms with Crippen LogP contribution in [0.4, 0.5) is 5.69 Å². The Balaban J connectivity index is 2.57. The lowest BCUT2D eigenvalue weighted by molar-refractivity contribution is 0.779. The van der Waals surface area contributed by atoms with Gasteiger partial charge in [-0.1, -0.05) is 0 Å². The van der Waals surface area contributed by atoms with Crippen molar-refractivity contribution >= 4 is 21.6 Å². The van der Waals surface area contributed by atoms with Gasteiger partial charge in [-0.2, -0.15) is 0 Å². The molecule has 0 aliphatic carbocycles. The summed E-state index contributed by atoms with van der Waals surface area (Å²) in [7, 11) is 0. The number of nitrogens with zero attached hydrogens (tertiary/aromatic N) is 1. The first-order chi connectivity index (χ1) is 5.70. The monoisotopic (exact) mass is 229 g/mol. The number of halogens is 1. The number of anilines is 1. The van der Waals surface area contributed by atoms with Crippen LogP contribution < -0.4 is 11.1 Å². The molecule has 0 aromatic carbocycles. The van der Waals surface area contributed by atoms with Crippen molar-refractivity contribution in [1.82, 2.24) is 4.98 Å². The van der Waals surface area contributed by atoms with Crippen molar-refractivity contribution in [1.29, 1.82) is 0 Å². The Hall–Kier alpha value is -0.610. The Bertz CT molecular complexity index is 250. The summed E-state index contributed by atoms with van der Waals surface area (Å²) in [6, 6.07) is 2.07. The fraction of sp³-hybridized carbons (Fsp3) is 0.375. The molecular weight excluding hydrogens is 218 g/mol. The zero-order chi connectivity index (χ0) is 8.97. The molecule has 0 saturated carbocycles. The summed E-state index contributed by atoms with van der Waals surface area (Å²) in [6.45, 7) is 2.73. The van der Waals surface area contributed by atoms with E-state index in [-0.39, 0.29) is 6.04 Å². The predicted molar refractivity (Wildman–Crippen MR) is 54.1 cm³/mol. The number of aromatic nitrogens is 1. The van der Waals surface area contributed by atoms with Gasteiger partial charge in [0.05, 0.1) is 10.2 Å². The molecule has 0 saturated heterocycles. The van der Waals surface area contributed by atoms with E-state index >= 15 is 0 Å². The van der Waals surface area contributed by atoms with E-state index in [4.69, 9.17) is 5.73 Å². The number of nitrogens with two attached hydrogens (primary N) is 1. The summed E-state index contributed by atoms with van der Waals surface area (Å²) in [4.78, 5) is 3.95. The van der Waals surface area contributed by atoms with Gasteiger partial charge < -0.3 is 11.1 Å². The van der Waals surface area contributed by atoms with Crippen LogP contribution in [0.25, 0.3) is 0 Å². The highest BCUT2D eigenvalue weighted by Crippen LogP contribution is 2.19. The lowest BCUT2D eigenvalue weighted by atomic mass is 10.3. The molecule has 1 unspecified atom stereocenters. The molecule has 0 radical (unpaired) electrons. The van der Waals surface area contributed by atoms with Gasteiger partial charge in [0.2, 0.25) is 0 Å². The second-order valence-electron chi connectivity index (χ2n) is 2.71. The van der Waals surface area contributed by atoms with Crippen molar-refractivity contribution in [3.63, 3.8) is 0 Å². The first-order valence-corrected chi connectivity index (χ1v) is 4.58. The van der Waals surface area contributed by atoms with Gasteiger partial charge in [-0.25, -0.2) is 0 Å². The molecule has 3 N–H and O–H groups in total. The van der Waals surface area contributed by atoms with Crippen LogP contribution in [0, 0.1) is 0 Å². The van der Waals surface area contributed by atoms with Gasteiger partial charge in [0, 0.05) is 25.0 Å². The Morgan fingerprint density at radius 1 is 1.75 bits per heavy atom. The number of rotatable bonds is 3. The van der Waals surface area contributed by atoms with Crippen molar-refractivity contribution in [3.8, 4) is 0 Å². The van der Waals surface area contributed by atoms with E-state index in [0.717, 1.165) is 16.7 Å². The Labute approximate surface area is 80.5 Å². The van der Waals surface area contributed by atoms with Crippen LogP contribution in [0.2, 0.25) is 0 Å². The minimum absolute atomic E-state index is 0.157. The number of hydrogen-bond donors (Lipinski definition) is 2. The molecule has 66 valence electrons. The van der Waals surface area contributed by atoms with E-state index < -0.39 is 0 Å². The second kappa shape index (κ2) is 4.42. The average Bonchev–Trinajstić information content (AvgIpc) is 2.03. The van der Waals surface area contributed by atoms with Crippen LogP contribution in [-0.4, -0.2) is 17.6 Å². The molecule has 4 heteroatoms. The molecule has 0 bridgehead atoms. The smallest absolute Gasteiger partial charge is 0.0590 e. The molecule has 0 fully saturated rings. The first-order valence-electron chi connectivity index (χ1n) is 3.79. The highest BCUT2D eigenvalue weighted by molar-refractivity contribution is 9.10. The van der Waals surface area contributed by atoms with Gasteiger partial charge in [-0.05, 0) is 28.9 Å². The number of pyridine rings is 1. The van der Waals surface area contributed by atoms with Crippen molar-refractivity contribution in [2.75, 3.05) is 11.9 Å². The Morgan fingerprint density at radius 2 is 2.50 bits per heavy atom. The highest BCUT2D eigenvalue weighted by atomic mass is 79.9. The van der Waals surface area contributed by atoms with E-state index in [1.54, 1.807) is 12.4 Å². The quantitative estimate of drug-likeness (QED) is 0.829. The van der Waals surface area contributed by atoms with Crippen molar-refractivity contribution < 1.29 is 0 Å². The van der Waals surface area contributed by atoms with E-state index in [1.807, 2.05) is 13.0 Å². The maximum absolute atomic E-state index is 5.60. The molecule has 12 heavy (non-hydrogen) atoms. The second-order valence-corrected chi connectivity index (χ2v) is 3.57. The molecule has 1 aromatic rings. The van der Waals surface area contributed by atoms with Crippen LogP contribution in [0.1, 0.15) is 6.92 Å². The maximum atomic E-state index is 5.60. The van der Waals surface area contributed by atoms with Crippen LogP contribution in [0.5, 0.6) is 0 Å². The third kappa shape index (κ3) is 2.79. The maximum Gasteiger partial charge on any atom is 0.0590 e. The summed E-state index contributed by atoms with van der Waals surface area (Å²) in [6.07, 6.45) is 3.50. The minimum atomic E-state index is 0.157. The molecule has 1 rings (SSSR count). The summed E-state index contributed by atoms with van der Waals surface area (Å²) in [5, 5.41) is 3.20.